The third kappa shape index (κ3) is 4.40. The van der Waals surface area contributed by atoms with Crippen LogP contribution in [0.3, 0.4) is 0 Å². The summed E-state index contributed by atoms with van der Waals surface area (Å²) in [5.74, 6) is 0.726. The Labute approximate surface area is 181 Å². The summed E-state index contributed by atoms with van der Waals surface area (Å²) >= 11 is 0. The van der Waals surface area contributed by atoms with E-state index in [0.717, 1.165) is 17.7 Å². The van der Waals surface area contributed by atoms with Crippen LogP contribution in [0.5, 0.6) is 11.5 Å². The summed E-state index contributed by atoms with van der Waals surface area (Å²) in [4.78, 5) is 38.0. The number of nitrogens with one attached hydrogen (secondary N) is 1. The molecule has 2 aromatic carbocycles. The van der Waals surface area contributed by atoms with Gasteiger partial charge in [0.1, 0.15) is 12.2 Å². The number of hydrogen-bond acceptors (Lipinski definition) is 5. The van der Waals surface area contributed by atoms with Crippen molar-refractivity contribution in [1.82, 2.24) is 10.2 Å². The first-order valence-electron chi connectivity index (χ1n) is 10.5. The maximum atomic E-state index is 12.3. The third-order valence-corrected chi connectivity index (χ3v) is 5.40. The molecule has 7 nitrogen and oxygen atoms in total. The lowest BCUT2D eigenvalue weighted by atomic mass is 10.0. The molecular formula is C24H26N2O5. The first-order chi connectivity index (χ1) is 14.9. The Kier molecular flexibility index (Phi) is 5.67. The van der Waals surface area contributed by atoms with Crippen LogP contribution in [0.4, 0.5) is 0 Å². The van der Waals surface area contributed by atoms with Crippen molar-refractivity contribution in [1.29, 1.82) is 0 Å². The van der Waals surface area contributed by atoms with E-state index >= 15 is 0 Å². The van der Waals surface area contributed by atoms with Crippen LogP contribution in [-0.4, -0.2) is 47.9 Å². The first kappa shape index (κ1) is 20.9. The SMILES string of the molecule is CC1(C)Cc2cccc(OCCNC(=O)CCCN3C(=O)c4ccccc4C3=O)c2O1. The summed E-state index contributed by atoms with van der Waals surface area (Å²) in [6, 6.07) is 12.6. The smallest absolute Gasteiger partial charge is 0.261 e. The summed E-state index contributed by atoms with van der Waals surface area (Å²) < 4.78 is 11.8. The van der Waals surface area contributed by atoms with E-state index < -0.39 is 0 Å². The highest BCUT2D eigenvalue weighted by Gasteiger charge is 2.34. The van der Waals surface area contributed by atoms with Gasteiger partial charge in [-0.05, 0) is 38.5 Å². The third-order valence-electron chi connectivity index (χ3n) is 5.40. The van der Waals surface area contributed by atoms with E-state index in [9.17, 15) is 14.4 Å². The number of amides is 3. The van der Waals surface area contributed by atoms with E-state index in [2.05, 4.69) is 5.32 Å². The highest BCUT2D eigenvalue weighted by atomic mass is 16.5. The van der Waals surface area contributed by atoms with E-state index in [1.807, 2.05) is 32.0 Å². The van der Waals surface area contributed by atoms with E-state index in [1.165, 1.54) is 4.90 Å². The summed E-state index contributed by atoms with van der Waals surface area (Å²) in [6.07, 6.45) is 1.47. The molecule has 3 amide bonds. The van der Waals surface area contributed by atoms with E-state index in [1.54, 1.807) is 24.3 Å². The van der Waals surface area contributed by atoms with Crippen LogP contribution >= 0.6 is 0 Å². The maximum absolute atomic E-state index is 12.3. The molecule has 0 bridgehead atoms. The van der Waals surface area contributed by atoms with Gasteiger partial charge in [0.15, 0.2) is 11.5 Å². The van der Waals surface area contributed by atoms with Crippen LogP contribution < -0.4 is 14.8 Å². The van der Waals surface area contributed by atoms with Crippen molar-refractivity contribution in [2.45, 2.75) is 38.7 Å². The number of fused-ring (bicyclic) bond motifs is 2. The lowest BCUT2D eigenvalue weighted by Gasteiger charge is -2.18. The van der Waals surface area contributed by atoms with Gasteiger partial charge in [-0.25, -0.2) is 0 Å². The van der Waals surface area contributed by atoms with Crippen LogP contribution in [0.15, 0.2) is 42.5 Å². The van der Waals surface area contributed by atoms with Crippen LogP contribution in [0.25, 0.3) is 0 Å². The molecule has 0 fully saturated rings. The molecule has 2 aliphatic rings. The Morgan fingerprint density at radius 2 is 1.81 bits per heavy atom. The quantitative estimate of drug-likeness (QED) is 0.522. The summed E-state index contributed by atoms with van der Waals surface area (Å²) in [6.45, 7) is 4.99. The number of carbonyl (C=O) groups excluding carboxylic acids is 3. The molecule has 0 spiro atoms. The molecule has 0 radical (unpaired) electrons. The maximum Gasteiger partial charge on any atom is 0.261 e. The minimum atomic E-state index is -0.296. The van der Waals surface area contributed by atoms with Crippen molar-refractivity contribution in [2.75, 3.05) is 19.7 Å². The van der Waals surface area contributed by atoms with E-state index in [-0.39, 0.29) is 36.3 Å². The van der Waals surface area contributed by atoms with Gasteiger partial charge in [-0.1, -0.05) is 24.3 Å². The summed E-state index contributed by atoms with van der Waals surface area (Å²) in [5.41, 5.74) is 1.73. The molecule has 4 rings (SSSR count). The average Bonchev–Trinajstić information content (AvgIpc) is 3.19. The van der Waals surface area contributed by atoms with Gasteiger partial charge in [0.25, 0.3) is 11.8 Å². The van der Waals surface area contributed by atoms with Crippen molar-refractivity contribution < 1.29 is 23.9 Å². The largest absolute Gasteiger partial charge is 0.488 e. The van der Waals surface area contributed by atoms with Gasteiger partial charge < -0.3 is 14.8 Å². The second-order valence-electron chi connectivity index (χ2n) is 8.39. The minimum absolute atomic E-state index is 0.143. The second-order valence-corrected chi connectivity index (χ2v) is 8.39. The molecule has 31 heavy (non-hydrogen) atoms. The Bertz CT molecular complexity index is 995. The van der Waals surface area contributed by atoms with E-state index in [0.29, 0.717) is 36.4 Å². The van der Waals surface area contributed by atoms with Crippen molar-refractivity contribution in [3.05, 3.63) is 59.2 Å². The van der Waals surface area contributed by atoms with Crippen molar-refractivity contribution in [3.63, 3.8) is 0 Å². The standard InChI is InChI=1S/C24H26N2O5/c1-24(2)15-16-7-5-10-19(21(16)31-24)30-14-12-25-20(27)11-6-13-26-22(28)17-8-3-4-9-18(17)23(26)29/h3-5,7-10H,6,11-15H2,1-2H3,(H,25,27). The molecule has 162 valence electrons. The van der Waals surface area contributed by atoms with Gasteiger partial charge in [0.05, 0.1) is 17.7 Å². The fourth-order valence-corrected chi connectivity index (χ4v) is 3.98. The lowest BCUT2D eigenvalue weighted by Crippen LogP contribution is -2.32. The second kappa shape index (κ2) is 8.41. The van der Waals surface area contributed by atoms with Gasteiger partial charge in [-0.15, -0.1) is 0 Å². The Hall–Kier alpha value is -3.35. The number of ether oxygens (including phenoxy) is 2. The number of rotatable bonds is 8. The predicted octanol–water partition coefficient (Wildman–Crippen LogP) is 2.97. The summed E-state index contributed by atoms with van der Waals surface area (Å²) in [5, 5.41) is 2.81. The molecule has 0 aromatic heterocycles. The van der Waals surface area contributed by atoms with E-state index in [4.69, 9.17) is 9.47 Å². The highest BCUT2D eigenvalue weighted by molar-refractivity contribution is 6.21. The highest BCUT2D eigenvalue weighted by Crippen LogP contribution is 2.41. The number of para-hydroxylation sites is 1. The molecule has 2 heterocycles. The van der Waals surface area contributed by atoms with Crippen LogP contribution in [0.2, 0.25) is 0 Å². The first-order valence-corrected chi connectivity index (χ1v) is 10.5. The van der Waals surface area contributed by atoms with Crippen molar-refractivity contribution in [2.24, 2.45) is 0 Å². The minimum Gasteiger partial charge on any atom is -0.488 e. The van der Waals surface area contributed by atoms with Gasteiger partial charge in [-0.3, -0.25) is 19.3 Å². The van der Waals surface area contributed by atoms with Gasteiger partial charge >= 0.3 is 0 Å². The Morgan fingerprint density at radius 1 is 1.10 bits per heavy atom. The fraction of sp³-hybridized carbons (Fsp3) is 0.375. The van der Waals surface area contributed by atoms with Gasteiger partial charge in [0.2, 0.25) is 5.91 Å². The van der Waals surface area contributed by atoms with Gasteiger partial charge in [-0.2, -0.15) is 0 Å². The lowest BCUT2D eigenvalue weighted by molar-refractivity contribution is -0.121. The molecular weight excluding hydrogens is 396 g/mol. The van der Waals surface area contributed by atoms with Gasteiger partial charge in [0, 0.05) is 24.9 Å². The molecule has 2 aromatic rings. The van der Waals surface area contributed by atoms with Crippen LogP contribution in [-0.2, 0) is 11.2 Å². The molecule has 2 aliphatic heterocycles. The number of benzene rings is 2. The topological polar surface area (TPSA) is 84.9 Å². The van der Waals surface area contributed by atoms with Crippen LogP contribution in [0, 0.1) is 0 Å². The number of imide groups is 1. The summed E-state index contributed by atoms with van der Waals surface area (Å²) in [7, 11) is 0. The fourth-order valence-electron chi connectivity index (χ4n) is 3.98. The molecule has 7 heteroatoms. The Morgan fingerprint density at radius 3 is 2.52 bits per heavy atom. The number of carbonyl (C=O) groups is 3. The molecule has 0 atom stereocenters. The zero-order valence-electron chi connectivity index (χ0n) is 17.8. The molecule has 1 N–H and O–H groups in total. The predicted molar refractivity (Wildman–Crippen MR) is 114 cm³/mol. The molecule has 0 aliphatic carbocycles. The monoisotopic (exact) mass is 422 g/mol. The van der Waals surface area contributed by atoms with Crippen LogP contribution in [0.1, 0.15) is 53.0 Å². The molecule has 0 saturated heterocycles. The zero-order chi connectivity index (χ0) is 22.0. The Balaban J connectivity index is 1.18. The average molecular weight is 422 g/mol. The number of hydrogen-bond donors (Lipinski definition) is 1. The normalized spacial score (nSPS) is 16.0. The zero-order valence-corrected chi connectivity index (χ0v) is 17.8. The number of nitrogens with zero attached hydrogens (tertiary/aromatic N) is 1. The molecule has 0 unspecified atom stereocenters. The van der Waals surface area contributed by atoms with Crippen molar-refractivity contribution >= 4 is 17.7 Å². The molecule has 0 saturated carbocycles. The van der Waals surface area contributed by atoms with Crippen molar-refractivity contribution in [3.8, 4) is 11.5 Å².